The van der Waals surface area contributed by atoms with Crippen LogP contribution in [0, 0.1) is 11.3 Å². The molecule has 0 aromatic heterocycles. The molecule has 136 valence electrons. The highest BCUT2D eigenvalue weighted by atomic mass is 16.5. The van der Waals surface area contributed by atoms with Crippen LogP contribution in [-0.4, -0.2) is 28.4 Å². The number of oxime groups is 2. The van der Waals surface area contributed by atoms with E-state index in [0.717, 1.165) is 25.0 Å². The smallest absolute Gasteiger partial charge is 0.120 e. The van der Waals surface area contributed by atoms with Gasteiger partial charge in [0.2, 0.25) is 0 Å². The molecule has 2 fully saturated rings. The van der Waals surface area contributed by atoms with Gasteiger partial charge in [0.15, 0.2) is 0 Å². The van der Waals surface area contributed by atoms with E-state index in [0.29, 0.717) is 30.4 Å². The van der Waals surface area contributed by atoms with Crippen molar-refractivity contribution in [2.24, 2.45) is 21.6 Å². The van der Waals surface area contributed by atoms with Gasteiger partial charge in [-0.3, -0.25) is 0 Å². The van der Waals surface area contributed by atoms with Gasteiger partial charge in [-0.05, 0) is 48.4 Å². The van der Waals surface area contributed by atoms with Crippen LogP contribution in [0.15, 0.2) is 52.8 Å². The summed E-state index contributed by atoms with van der Waals surface area (Å²) in [5, 5.41) is 25.7. The lowest BCUT2D eigenvalue weighted by Crippen LogP contribution is -2.38. The zero-order valence-electron chi connectivity index (χ0n) is 15.0. The molecule has 3 aliphatic rings. The summed E-state index contributed by atoms with van der Waals surface area (Å²) in [6.45, 7) is 6.33. The van der Waals surface area contributed by atoms with Gasteiger partial charge in [-0.1, -0.05) is 47.6 Å². The molecular formula is C21H24N2O3. The van der Waals surface area contributed by atoms with Gasteiger partial charge >= 0.3 is 0 Å². The highest BCUT2D eigenvalue weighted by Crippen LogP contribution is 2.57. The summed E-state index contributed by atoms with van der Waals surface area (Å²) >= 11 is 0. The van der Waals surface area contributed by atoms with Gasteiger partial charge in [-0.25, -0.2) is 0 Å². The fraction of sp³-hybridized carbons (Fsp3) is 0.429. The van der Waals surface area contributed by atoms with Gasteiger partial charge in [0, 0.05) is 17.8 Å². The minimum absolute atomic E-state index is 0.225. The van der Waals surface area contributed by atoms with Crippen LogP contribution in [0.3, 0.4) is 0 Å². The molecule has 0 heterocycles. The molecule has 0 bridgehead atoms. The lowest BCUT2D eigenvalue weighted by molar-refractivity contribution is 0.244. The summed E-state index contributed by atoms with van der Waals surface area (Å²) < 4.78 is 5.67. The largest absolute Gasteiger partial charge is 0.490 e. The minimum Gasteiger partial charge on any atom is -0.490 e. The number of hydrogen-bond donors (Lipinski definition) is 2. The molecule has 4 rings (SSSR count). The molecule has 0 unspecified atom stereocenters. The molecule has 0 saturated heterocycles. The first-order chi connectivity index (χ1) is 12.6. The Bertz CT molecular complexity index is 840. The van der Waals surface area contributed by atoms with Crippen molar-refractivity contribution < 1.29 is 15.2 Å². The van der Waals surface area contributed by atoms with Crippen molar-refractivity contribution in [1.82, 2.24) is 0 Å². The van der Waals surface area contributed by atoms with Crippen LogP contribution in [0.4, 0.5) is 0 Å². The van der Waals surface area contributed by atoms with Crippen molar-refractivity contribution in [2.45, 2.75) is 38.5 Å². The van der Waals surface area contributed by atoms with E-state index in [1.807, 2.05) is 6.07 Å². The third kappa shape index (κ3) is 2.37. The van der Waals surface area contributed by atoms with Gasteiger partial charge in [0.25, 0.3) is 0 Å². The number of hydrogen-bond acceptors (Lipinski definition) is 5. The zero-order valence-corrected chi connectivity index (χ0v) is 15.0. The monoisotopic (exact) mass is 352 g/mol. The fourth-order valence-electron chi connectivity index (χ4n) is 5.09. The predicted octanol–water partition coefficient (Wildman–Crippen LogP) is 4.30. The highest BCUT2D eigenvalue weighted by Gasteiger charge is 2.54. The number of benzene rings is 1. The summed E-state index contributed by atoms with van der Waals surface area (Å²) in [4.78, 5) is 0. The van der Waals surface area contributed by atoms with E-state index < -0.39 is 0 Å². The zero-order chi connectivity index (χ0) is 18.3. The highest BCUT2D eigenvalue weighted by molar-refractivity contribution is 6.46. The first-order valence-corrected chi connectivity index (χ1v) is 9.12. The summed E-state index contributed by atoms with van der Waals surface area (Å²) in [7, 11) is 0. The van der Waals surface area contributed by atoms with Crippen molar-refractivity contribution in [3.05, 3.63) is 53.6 Å². The van der Waals surface area contributed by atoms with Crippen molar-refractivity contribution in [1.29, 1.82) is 0 Å². The van der Waals surface area contributed by atoms with Crippen LogP contribution < -0.4 is 4.74 Å². The normalized spacial score (nSPS) is 32.6. The Labute approximate surface area is 153 Å². The van der Waals surface area contributed by atoms with Crippen molar-refractivity contribution in [2.75, 3.05) is 6.61 Å². The number of ether oxygens (including phenoxy) is 1. The van der Waals surface area contributed by atoms with Crippen LogP contribution >= 0.6 is 0 Å². The average Bonchev–Trinajstić information content (AvgIpc) is 2.97. The fourth-order valence-corrected chi connectivity index (χ4v) is 5.09. The quantitative estimate of drug-likeness (QED) is 0.484. The molecule has 0 radical (unpaired) electrons. The van der Waals surface area contributed by atoms with Crippen molar-refractivity contribution >= 4 is 11.4 Å². The van der Waals surface area contributed by atoms with E-state index in [9.17, 15) is 10.4 Å². The maximum absolute atomic E-state index is 9.48. The molecule has 0 spiro atoms. The number of rotatable bonds is 3. The molecular weight excluding hydrogens is 328 g/mol. The predicted molar refractivity (Wildman–Crippen MR) is 101 cm³/mol. The SMILES string of the molecule is C=CCOc1ccc2c(c1)CC=C1[C@@H]2CC[C@@]2(C)C(=N\O)/C(=N/O)C[C@@H]12. The Hall–Kier alpha value is -2.56. The van der Waals surface area contributed by atoms with Crippen LogP contribution in [0.25, 0.3) is 0 Å². The molecule has 26 heavy (non-hydrogen) atoms. The lowest BCUT2D eigenvalue weighted by atomic mass is 9.60. The third-order valence-corrected chi connectivity index (χ3v) is 6.37. The average molecular weight is 352 g/mol. The van der Waals surface area contributed by atoms with Crippen LogP contribution in [0.5, 0.6) is 5.75 Å². The van der Waals surface area contributed by atoms with E-state index in [1.54, 1.807) is 6.08 Å². The summed E-state index contributed by atoms with van der Waals surface area (Å²) in [6, 6.07) is 6.36. The second-order valence-electron chi connectivity index (χ2n) is 7.63. The topological polar surface area (TPSA) is 74.4 Å². The first-order valence-electron chi connectivity index (χ1n) is 9.12. The van der Waals surface area contributed by atoms with Gasteiger partial charge in [-0.15, -0.1) is 0 Å². The Balaban J connectivity index is 1.68. The molecule has 5 nitrogen and oxygen atoms in total. The van der Waals surface area contributed by atoms with Crippen LogP contribution in [0.1, 0.15) is 43.2 Å². The molecule has 5 heteroatoms. The van der Waals surface area contributed by atoms with Gasteiger partial charge in [-0.2, -0.15) is 0 Å². The first kappa shape index (κ1) is 16.9. The van der Waals surface area contributed by atoms with E-state index in [1.165, 1.54) is 16.7 Å². The van der Waals surface area contributed by atoms with E-state index in [2.05, 4.69) is 42.0 Å². The number of allylic oxidation sites excluding steroid dienone is 2. The van der Waals surface area contributed by atoms with Gasteiger partial charge < -0.3 is 15.2 Å². The number of nitrogens with zero attached hydrogens (tertiary/aromatic N) is 2. The Kier molecular flexibility index (Phi) is 4.10. The lowest BCUT2D eigenvalue weighted by Gasteiger charge is -2.44. The molecule has 2 N–H and O–H groups in total. The van der Waals surface area contributed by atoms with E-state index in [4.69, 9.17) is 4.74 Å². The third-order valence-electron chi connectivity index (χ3n) is 6.37. The van der Waals surface area contributed by atoms with Crippen molar-refractivity contribution in [3.63, 3.8) is 0 Å². The summed E-state index contributed by atoms with van der Waals surface area (Å²) in [6.07, 6.45) is 7.48. The molecule has 2 saturated carbocycles. The molecule has 3 aliphatic carbocycles. The molecule has 3 atom stereocenters. The van der Waals surface area contributed by atoms with Gasteiger partial charge in [0.1, 0.15) is 23.8 Å². The molecule has 1 aromatic carbocycles. The maximum atomic E-state index is 9.48. The van der Waals surface area contributed by atoms with E-state index >= 15 is 0 Å². The summed E-state index contributed by atoms with van der Waals surface area (Å²) in [5.74, 6) is 1.48. The minimum atomic E-state index is -0.261. The second kappa shape index (κ2) is 6.31. The number of fused-ring (bicyclic) bond motifs is 5. The Morgan fingerprint density at radius 1 is 1.35 bits per heavy atom. The van der Waals surface area contributed by atoms with E-state index in [-0.39, 0.29) is 11.3 Å². The van der Waals surface area contributed by atoms with Crippen LogP contribution in [0.2, 0.25) is 0 Å². The standard InChI is InChI=1S/C21H24N2O3/c1-3-10-26-14-5-7-15-13(11-14)4-6-17-16(15)8-9-21(2)18(17)12-19(22-24)20(21)23-25/h3,5-7,11,16,18,24-25H,1,4,8-10,12H2,2H3/b22-19+,23-20-/t16-,18+,21-/m1/s1. The Morgan fingerprint density at radius 2 is 2.19 bits per heavy atom. The molecule has 1 aromatic rings. The molecule has 0 amide bonds. The summed E-state index contributed by atoms with van der Waals surface area (Å²) in [5.41, 5.74) is 4.87. The maximum Gasteiger partial charge on any atom is 0.120 e. The Morgan fingerprint density at radius 3 is 2.92 bits per heavy atom. The molecule has 0 aliphatic heterocycles. The second-order valence-corrected chi connectivity index (χ2v) is 7.63. The van der Waals surface area contributed by atoms with Gasteiger partial charge in [0.05, 0.1) is 0 Å². The van der Waals surface area contributed by atoms with Crippen LogP contribution in [-0.2, 0) is 6.42 Å². The van der Waals surface area contributed by atoms with Crippen molar-refractivity contribution in [3.8, 4) is 5.75 Å².